The fraction of sp³-hybridized carbons (Fsp3) is 0.133. The molecule has 0 amide bonds. The van der Waals surface area contributed by atoms with Crippen LogP contribution in [0.4, 0.5) is 26.3 Å². The summed E-state index contributed by atoms with van der Waals surface area (Å²) in [5.74, 6) is -0.524. The molecule has 3 aromatic rings. The highest BCUT2D eigenvalue weighted by atomic mass is 19.4. The van der Waals surface area contributed by atoms with Crippen molar-refractivity contribution in [1.82, 2.24) is 19.7 Å². The van der Waals surface area contributed by atoms with Gasteiger partial charge in [0.2, 0.25) is 5.88 Å². The van der Waals surface area contributed by atoms with E-state index in [2.05, 4.69) is 15.1 Å². The average molecular weight is 374 g/mol. The molecule has 0 atom stereocenters. The Labute approximate surface area is 141 Å². The number of ether oxygens (including phenoxy) is 1. The molecular weight excluding hydrogens is 366 g/mol. The van der Waals surface area contributed by atoms with Gasteiger partial charge in [-0.1, -0.05) is 6.07 Å². The van der Waals surface area contributed by atoms with Gasteiger partial charge in [-0.2, -0.15) is 36.4 Å². The molecule has 0 saturated carbocycles. The number of nitrogens with zero attached hydrogens (tertiary/aromatic N) is 4. The van der Waals surface area contributed by atoms with Crippen LogP contribution in [0.5, 0.6) is 11.6 Å². The van der Waals surface area contributed by atoms with E-state index in [0.29, 0.717) is 0 Å². The van der Waals surface area contributed by atoms with Crippen LogP contribution in [0.1, 0.15) is 11.3 Å². The van der Waals surface area contributed by atoms with Gasteiger partial charge in [0.15, 0.2) is 5.69 Å². The summed E-state index contributed by atoms with van der Waals surface area (Å²) in [6.07, 6.45) is -6.98. The lowest BCUT2D eigenvalue weighted by atomic mass is 10.2. The summed E-state index contributed by atoms with van der Waals surface area (Å²) >= 11 is 0. The van der Waals surface area contributed by atoms with E-state index in [4.69, 9.17) is 4.74 Å². The molecule has 0 radical (unpaired) electrons. The van der Waals surface area contributed by atoms with Crippen molar-refractivity contribution in [2.45, 2.75) is 12.4 Å². The van der Waals surface area contributed by atoms with Gasteiger partial charge in [0.05, 0.1) is 5.56 Å². The molecule has 0 bridgehead atoms. The number of halogens is 6. The zero-order valence-corrected chi connectivity index (χ0v) is 12.6. The quantitative estimate of drug-likeness (QED) is 0.634. The van der Waals surface area contributed by atoms with Gasteiger partial charge in [0.1, 0.15) is 5.75 Å². The number of hydrogen-bond acceptors (Lipinski definition) is 4. The van der Waals surface area contributed by atoms with Crippen LogP contribution in [-0.2, 0) is 12.4 Å². The number of rotatable bonds is 3. The maximum absolute atomic E-state index is 12.7. The molecule has 0 fully saturated rings. The first-order valence-corrected chi connectivity index (χ1v) is 6.94. The lowest BCUT2D eigenvalue weighted by Crippen LogP contribution is -2.08. The SMILES string of the molecule is FC(F)(F)c1cccc(Oc2ccnc(-n3ccc(C(F)(F)F)n3)n2)c1. The number of alkyl halides is 6. The van der Waals surface area contributed by atoms with Gasteiger partial charge in [-0.3, -0.25) is 0 Å². The van der Waals surface area contributed by atoms with Crippen molar-refractivity contribution in [3.8, 4) is 17.6 Å². The first kappa shape index (κ1) is 17.7. The predicted molar refractivity (Wildman–Crippen MR) is 75.7 cm³/mol. The summed E-state index contributed by atoms with van der Waals surface area (Å²) in [6, 6.07) is 6.08. The van der Waals surface area contributed by atoms with Crippen LogP contribution in [-0.4, -0.2) is 19.7 Å². The summed E-state index contributed by atoms with van der Waals surface area (Å²) in [7, 11) is 0. The number of benzene rings is 1. The molecule has 5 nitrogen and oxygen atoms in total. The topological polar surface area (TPSA) is 52.8 Å². The molecule has 0 N–H and O–H groups in total. The Kier molecular flexibility index (Phi) is 4.30. The van der Waals surface area contributed by atoms with Crippen molar-refractivity contribution < 1.29 is 31.1 Å². The maximum atomic E-state index is 12.7. The Morgan fingerprint density at radius 3 is 2.35 bits per heavy atom. The van der Waals surface area contributed by atoms with E-state index in [-0.39, 0.29) is 17.6 Å². The fourth-order valence-electron chi connectivity index (χ4n) is 1.94. The van der Waals surface area contributed by atoms with Crippen molar-refractivity contribution >= 4 is 0 Å². The van der Waals surface area contributed by atoms with Gasteiger partial charge < -0.3 is 4.74 Å². The summed E-state index contributed by atoms with van der Waals surface area (Å²) in [5.41, 5.74) is -2.04. The van der Waals surface area contributed by atoms with Crippen molar-refractivity contribution in [2.24, 2.45) is 0 Å². The minimum absolute atomic E-state index is 0.138. The van der Waals surface area contributed by atoms with Gasteiger partial charge >= 0.3 is 12.4 Å². The molecule has 1 aromatic carbocycles. The average Bonchev–Trinajstić information content (AvgIpc) is 3.05. The van der Waals surface area contributed by atoms with Crippen molar-refractivity contribution in [1.29, 1.82) is 0 Å². The van der Waals surface area contributed by atoms with Crippen LogP contribution in [0.25, 0.3) is 5.95 Å². The Balaban J connectivity index is 1.85. The molecule has 0 saturated heterocycles. The van der Waals surface area contributed by atoms with Crippen molar-refractivity contribution in [2.75, 3.05) is 0 Å². The number of hydrogen-bond donors (Lipinski definition) is 0. The molecule has 11 heteroatoms. The molecule has 136 valence electrons. The lowest BCUT2D eigenvalue weighted by molar-refractivity contribution is -0.141. The van der Waals surface area contributed by atoms with Gasteiger partial charge in [-0.05, 0) is 24.3 Å². The summed E-state index contributed by atoms with van der Waals surface area (Å²) in [4.78, 5) is 7.61. The second kappa shape index (κ2) is 6.32. The van der Waals surface area contributed by atoms with E-state index in [1.54, 1.807) is 0 Å². The van der Waals surface area contributed by atoms with Crippen LogP contribution in [0.15, 0.2) is 48.8 Å². The molecule has 3 rings (SSSR count). The molecule has 2 aromatic heterocycles. The molecule has 0 aliphatic heterocycles. The molecule has 26 heavy (non-hydrogen) atoms. The minimum atomic E-state index is -4.63. The molecule has 2 heterocycles. The molecule has 0 aliphatic rings. The third kappa shape index (κ3) is 3.92. The molecule has 0 aliphatic carbocycles. The highest BCUT2D eigenvalue weighted by molar-refractivity contribution is 5.33. The molecule has 0 unspecified atom stereocenters. The molecular formula is C15H8F6N4O. The van der Waals surface area contributed by atoms with E-state index in [0.717, 1.165) is 35.1 Å². The predicted octanol–water partition coefficient (Wildman–Crippen LogP) is 4.49. The normalized spacial score (nSPS) is 12.2. The summed E-state index contributed by atoms with van der Waals surface area (Å²) in [6.45, 7) is 0. The second-order valence-electron chi connectivity index (χ2n) is 4.97. The van der Waals surface area contributed by atoms with Gasteiger partial charge in [-0.15, -0.1) is 0 Å². The minimum Gasteiger partial charge on any atom is -0.439 e. The zero-order chi connectivity index (χ0) is 18.9. The van der Waals surface area contributed by atoms with Crippen LogP contribution >= 0.6 is 0 Å². The highest BCUT2D eigenvalue weighted by Crippen LogP contribution is 2.32. The van der Waals surface area contributed by atoms with Gasteiger partial charge in [0, 0.05) is 18.5 Å². The fourth-order valence-corrected chi connectivity index (χ4v) is 1.94. The Morgan fingerprint density at radius 1 is 0.923 bits per heavy atom. The van der Waals surface area contributed by atoms with Crippen LogP contribution in [0.3, 0.4) is 0 Å². The zero-order valence-electron chi connectivity index (χ0n) is 12.6. The van der Waals surface area contributed by atoms with Gasteiger partial charge in [-0.25, -0.2) is 9.67 Å². The smallest absolute Gasteiger partial charge is 0.435 e. The maximum Gasteiger partial charge on any atom is 0.435 e. The van der Waals surface area contributed by atoms with Crippen LogP contribution < -0.4 is 4.74 Å². The number of aromatic nitrogens is 4. The van der Waals surface area contributed by atoms with E-state index in [1.807, 2.05) is 0 Å². The van der Waals surface area contributed by atoms with Crippen molar-refractivity contribution in [3.05, 3.63) is 60.0 Å². The monoisotopic (exact) mass is 374 g/mol. The summed E-state index contributed by atoms with van der Waals surface area (Å²) < 4.78 is 81.9. The standard InChI is InChI=1S/C15H8F6N4O/c16-14(17,18)9-2-1-3-10(8-9)26-12-4-6-22-13(23-12)25-7-5-11(24-25)15(19,20)21/h1-8H. The van der Waals surface area contributed by atoms with E-state index >= 15 is 0 Å². The van der Waals surface area contributed by atoms with Gasteiger partial charge in [0.25, 0.3) is 5.95 Å². The first-order valence-electron chi connectivity index (χ1n) is 6.94. The first-order chi connectivity index (χ1) is 12.1. The van der Waals surface area contributed by atoms with E-state index in [9.17, 15) is 26.3 Å². The second-order valence-corrected chi connectivity index (χ2v) is 4.97. The largest absolute Gasteiger partial charge is 0.439 e. The van der Waals surface area contributed by atoms with E-state index < -0.39 is 23.6 Å². The molecule has 0 spiro atoms. The van der Waals surface area contributed by atoms with Crippen molar-refractivity contribution in [3.63, 3.8) is 0 Å². The van der Waals surface area contributed by atoms with Crippen LogP contribution in [0.2, 0.25) is 0 Å². The Hall–Kier alpha value is -3.11. The van der Waals surface area contributed by atoms with E-state index in [1.165, 1.54) is 18.3 Å². The Morgan fingerprint density at radius 2 is 1.69 bits per heavy atom. The van der Waals surface area contributed by atoms with Crippen LogP contribution in [0, 0.1) is 0 Å². The third-order valence-electron chi connectivity index (χ3n) is 3.09. The summed E-state index contributed by atoms with van der Waals surface area (Å²) in [5, 5.41) is 3.31. The Bertz CT molecular complexity index is 919. The lowest BCUT2D eigenvalue weighted by Gasteiger charge is -2.10. The third-order valence-corrected chi connectivity index (χ3v) is 3.09. The highest BCUT2D eigenvalue weighted by Gasteiger charge is 2.34.